The summed E-state index contributed by atoms with van der Waals surface area (Å²) in [7, 11) is 0. The molecule has 30 nitrogen and oxygen atoms in total. The van der Waals surface area contributed by atoms with Gasteiger partial charge < -0.3 is 55.6 Å². The Morgan fingerprint density at radius 3 is 0.892 bits per heavy atom. The number of pyridine rings is 6. The molecule has 0 fully saturated rings. The van der Waals surface area contributed by atoms with Crippen LogP contribution in [0.25, 0.3) is 67.5 Å². The summed E-state index contributed by atoms with van der Waals surface area (Å²) in [4.78, 5) is 94.7. The normalized spacial score (nSPS) is 10.5. The SMILES string of the molecule is Cc1ccc(-c2cc(COC(=O)c3cccnc3Cl)on2)c(Cl)c1.Cc1ccc(-c2cc(COC(=O)c3cccnc3Cl)on2)cc1.Cc1ccc(-c2cc(COC(=O)c3cccnc3Cl)on2)cc1.Cc1cccc(-c2cc(COC(=O)c3cccnc3Cl)on2)c1.O=C(OCc1cc(-c2ccccc2)no1)c1cc(Cl)cnc1Cl.O=C(OCc1cc(-c2ccccc2Br)no1)c1cccnc1Cl. The predicted molar refractivity (Wildman–Crippen MR) is 519 cm³/mol. The van der Waals surface area contributed by atoms with E-state index in [9.17, 15) is 28.8 Å². The maximum absolute atomic E-state index is 12.0. The summed E-state index contributed by atoms with van der Waals surface area (Å²) in [5.41, 5.74) is 15.0. The summed E-state index contributed by atoms with van der Waals surface area (Å²) in [5.74, 6) is -0.853. The van der Waals surface area contributed by atoms with Crippen LogP contribution in [0.3, 0.4) is 0 Å². The van der Waals surface area contributed by atoms with E-state index in [-0.39, 0.29) is 104 Å². The van der Waals surface area contributed by atoms with Crippen LogP contribution in [0, 0.1) is 27.7 Å². The first-order valence-electron chi connectivity index (χ1n) is 41.1. The highest BCUT2D eigenvalue weighted by Gasteiger charge is 2.23. The number of aromatic nitrogens is 12. The average Bonchev–Trinajstić information content (AvgIpc) is 1.70. The third kappa shape index (κ3) is 29.6. The Morgan fingerprint density at radius 1 is 0.259 bits per heavy atom. The molecule has 6 aromatic carbocycles. The van der Waals surface area contributed by atoms with Crippen LogP contribution in [-0.2, 0) is 68.1 Å². The van der Waals surface area contributed by atoms with Gasteiger partial charge in [-0.3, -0.25) is 0 Å². The predicted octanol–water partition coefficient (Wildman–Crippen LogP) is 25.8. The van der Waals surface area contributed by atoms with Gasteiger partial charge in [0.25, 0.3) is 0 Å². The Kier molecular flexibility index (Phi) is 36.7. The highest BCUT2D eigenvalue weighted by Crippen LogP contribution is 2.33. The van der Waals surface area contributed by atoms with Crippen molar-refractivity contribution >= 4 is 145 Å². The van der Waals surface area contributed by atoms with Crippen molar-refractivity contribution in [2.24, 2.45) is 0 Å². The number of hydrogen-bond acceptors (Lipinski definition) is 30. The van der Waals surface area contributed by atoms with E-state index < -0.39 is 35.8 Å². The molecule has 0 atom stereocenters. The van der Waals surface area contributed by atoms with Crippen molar-refractivity contribution in [2.45, 2.75) is 67.3 Å². The topological polar surface area (TPSA) is 391 Å². The minimum Gasteiger partial charge on any atom is -0.454 e. The van der Waals surface area contributed by atoms with Crippen LogP contribution in [0.2, 0.25) is 41.0 Å². The molecule has 0 aliphatic carbocycles. The summed E-state index contributed by atoms with van der Waals surface area (Å²) in [6.07, 6.45) is 8.85. The minimum atomic E-state index is -0.636. The van der Waals surface area contributed by atoms with Crippen molar-refractivity contribution in [1.82, 2.24) is 60.8 Å². The Balaban J connectivity index is 0.000000141. The number of carbonyl (C=O) groups is 6. The van der Waals surface area contributed by atoms with Gasteiger partial charge in [-0.15, -0.1) is 0 Å². The first kappa shape index (κ1) is 102. The average molecular weight is 2090 g/mol. The number of benzene rings is 6. The molecule has 12 heterocycles. The third-order valence-corrected chi connectivity index (χ3v) is 22.0. The molecule has 0 aliphatic heterocycles. The molecular formula is C100H71BrCl8N12O18. The Morgan fingerprint density at radius 2 is 0.547 bits per heavy atom. The third-order valence-electron chi connectivity index (χ3n) is 19.0. The molecule has 139 heavy (non-hydrogen) atoms. The fourth-order valence-electron chi connectivity index (χ4n) is 12.0. The zero-order valence-electron chi connectivity index (χ0n) is 73.0. The monoisotopic (exact) mass is 2090 g/mol. The smallest absolute Gasteiger partial charge is 0.341 e. The second kappa shape index (κ2) is 50.3. The maximum atomic E-state index is 12.0. The van der Waals surface area contributed by atoms with Gasteiger partial charge in [-0.1, -0.05) is 284 Å². The Labute approximate surface area is 839 Å². The van der Waals surface area contributed by atoms with Gasteiger partial charge in [-0.05, 0) is 118 Å². The maximum Gasteiger partial charge on any atom is 0.341 e. The van der Waals surface area contributed by atoms with Gasteiger partial charge in [0.15, 0.2) is 74.2 Å². The molecule has 18 rings (SSSR count). The highest BCUT2D eigenvalue weighted by molar-refractivity contribution is 9.10. The molecule has 0 bridgehead atoms. The zero-order chi connectivity index (χ0) is 98.3. The number of carbonyl (C=O) groups excluding carboxylic acids is 6. The van der Waals surface area contributed by atoms with Gasteiger partial charge in [0.2, 0.25) is 0 Å². The van der Waals surface area contributed by atoms with E-state index in [1.54, 1.807) is 91.0 Å². The lowest BCUT2D eigenvalue weighted by atomic mass is 10.1. The van der Waals surface area contributed by atoms with E-state index in [0.717, 1.165) is 49.0 Å². The quantitative estimate of drug-likeness (QED) is 0.0308. The molecule has 0 aliphatic rings. The molecule has 18 aromatic rings. The van der Waals surface area contributed by atoms with Crippen LogP contribution in [0.4, 0.5) is 0 Å². The molecule has 0 saturated carbocycles. The van der Waals surface area contributed by atoms with E-state index >= 15 is 0 Å². The van der Waals surface area contributed by atoms with Gasteiger partial charge in [-0.2, -0.15) is 0 Å². The van der Waals surface area contributed by atoms with Gasteiger partial charge in [0.1, 0.15) is 65.1 Å². The van der Waals surface area contributed by atoms with Crippen molar-refractivity contribution in [3.63, 3.8) is 0 Å². The Hall–Kier alpha value is -14.9. The number of rotatable bonds is 24. The largest absolute Gasteiger partial charge is 0.454 e. The summed E-state index contributed by atoms with van der Waals surface area (Å²) in [5, 5.41) is 25.2. The first-order valence-corrected chi connectivity index (χ1v) is 44.9. The van der Waals surface area contributed by atoms with Gasteiger partial charge in [0.05, 0.1) is 43.4 Å². The second-order valence-corrected chi connectivity index (χ2v) is 33.0. The van der Waals surface area contributed by atoms with E-state index in [1.165, 1.54) is 60.4 Å². The lowest BCUT2D eigenvalue weighted by Crippen LogP contribution is -2.06. The van der Waals surface area contributed by atoms with Crippen LogP contribution in [0.1, 0.15) is 119 Å². The van der Waals surface area contributed by atoms with E-state index in [2.05, 4.69) is 76.8 Å². The summed E-state index contributed by atoms with van der Waals surface area (Å²) < 4.78 is 63.0. The van der Waals surface area contributed by atoms with Crippen LogP contribution >= 0.6 is 109 Å². The highest BCUT2D eigenvalue weighted by atomic mass is 79.9. The molecule has 0 unspecified atom stereocenters. The van der Waals surface area contributed by atoms with Crippen LogP contribution in [0.5, 0.6) is 0 Å². The zero-order valence-corrected chi connectivity index (χ0v) is 80.6. The van der Waals surface area contributed by atoms with E-state index in [1.807, 2.05) is 173 Å². The van der Waals surface area contributed by atoms with Crippen molar-refractivity contribution in [2.75, 3.05) is 0 Å². The van der Waals surface area contributed by atoms with E-state index in [4.69, 9.17) is 148 Å². The molecule has 0 spiro atoms. The number of esters is 6. The molecule has 0 radical (unpaired) electrons. The summed E-state index contributed by atoms with van der Waals surface area (Å²) in [6, 6.07) is 74.0. The number of halogens is 9. The standard InChI is InChI=1S/C17H12Cl2N2O3.3C17H13ClN2O3.C16H10BrClN2O3.C16H10Cl2N2O3/c1-10-4-5-12(14(18)7-10)15-8-11(24-21-15)9-23-17(22)13-3-2-6-20-16(13)19;1-11-4-2-5-12(8-11)15-9-13(23-20-15)10-22-17(21)14-6-3-7-19-16(14)18;2*1-11-4-6-12(7-5-11)15-9-13(23-20-15)10-22-17(21)14-3-2-8-19-16(14)18;17-13-6-2-1-4-11(13)14-8-10(23-20-14)9-22-16(21)12-5-3-7-19-15(12)18;17-11-6-13(15(18)19-8-11)16(21)22-9-12-7-14(20-23-12)10-4-2-1-3-5-10/h2-8H,9H2,1H3;3*2-9H,10H2,1H3;2*1-8H,9H2. The Bertz CT molecular complexity index is 7150. The van der Waals surface area contributed by atoms with Crippen molar-refractivity contribution in [3.8, 4) is 67.5 Å². The molecular weight excluding hydrogens is 2020 g/mol. The van der Waals surface area contributed by atoms with Crippen LogP contribution in [-0.4, -0.2) is 96.7 Å². The number of hydrogen-bond donors (Lipinski definition) is 0. The molecule has 39 heteroatoms. The second-order valence-electron chi connectivity index (χ2n) is 29.2. The molecule has 702 valence electrons. The molecule has 0 N–H and O–H groups in total. The van der Waals surface area contributed by atoms with Crippen molar-refractivity contribution < 1.29 is 84.3 Å². The first-order chi connectivity index (χ1) is 67.2. The van der Waals surface area contributed by atoms with Crippen LogP contribution < -0.4 is 0 Å². The number of nitrogens with zero attached hydrogens (tertiary/aromatic N) is 12. The summed E-state index contributed by atoms with van der Waals surface area (Å²) in [6.45, 7) is 7.73. The van der Waals surface area contributed by atoms with Crippen LogP contribution in [0.15, 0.2) is 318 Å². The van der Waals surface area contributed by atoms with Gasteiger partial charge in [-0.25, -0.2) is 58.7 Å². The van der Waals surface area contributed by atoms with Gasteiger partial charge in [0, 0.05) is 111 Å². The molecule has 12 aromatic heterocycles. The molecule has 0 saturated heterocycles. The molecule has 0 amide bonds. The lowest BCUT2D eigenvalue weighted by molar-refractivity contribution is 0.0429. The lowest BCUT2D eigenvalue weighted by Gasteiger charge is -2.04. The van der Waals surface area contributed by atoms with Crippen molar-refractivity contribution in [3.05, 3.63) is 422 Å². The van der Waals surface area contributed by atoms with E-state index in [0.29, 0.717) is 78.8 Å². The fraction of sp³-hybridized carbons (Fsp3) is 0.100. The fourth-order valence-corrected chi connectivity index (χ4v) is 14.1. The minimum absolute atomic E-state index is 0.0249. The van der Waals surface area contributed by atoms with Gasteiger partial charge >= 0.3 is 35.8 Å². The number of ether oxygens (including phenoxy) is 6. The number of aryl methyl sites for hydroxylation is 4. The van der Waals surface area contributed by atoms with Crippen molar-refractivity contribution in [1.29, 1.82) is 0 Å². The summed E-state index contributed by atoms with van der Waals surface area (Å²) >= 11 is 50.6.